The average Bonchev–Trinajstić information content (AvgIpc) is 3.21. The van der Waals surface area contributed by atoms with Crippen molar-refractivity contribution in [3.05, 3.63) is 181 Å². The molecule has 5 heteroatoms. The van der Waals surface area contributed by atoms with Crippen molar-refractivity contribution in [2.45, 2.75) is 39.5 Å². The number of rotatable bonds is 9. The normalized spacial score (nSPS) is 11.2. The number of benzene rings is 6. The summed E-state index contributed by atoms with van der Waals surface area (Å²) in [5, 5.41) is 13.5. The molecule has 6 aromatic carbocycles. The van der Waals surface area contributed by atoms with E-state index in [1.807, 2.05) is 48.7 Å². The van der Waals surface area contributed by atoms with E-state index in [2.05, 4.69) is 148 Å². The molecule has 274 valence electrons. The van der Waals surface area contributed by atoms with Crippen molar-refractivity contribution in [1.82, 2.24) is 9.97 Å². The predicted molar refractivity (Wildman–Crippen MR) is 225 cm³/mol. The van der Waals surface area contributed by atoms with Crippen LogP contribution in [0.4, 0.5) is 17.2 Å². The van der Waals surface area contributed by atoms with E-state index in [1.165, 1.54) is 11.1 Å². The molecule has 0 aliphatic rings. The molecule has 8 rings (SSSR count). The summed E-state index contributed by atoms with van der Waals surface area (Å²) in [6.07, 6.45) is 1.83. The Kier molecular flexibility index (Phi) is 11.1. The van der Waals surface area contributed by atoms with E-state index in [0.29, 0.717) is 17.4 Å². The van der Waals surface area contributed by atoms with Crippen LogP contribution >= 0.6 is 0 Å². The Labute approximate surface area is 338 Å². The van der Waals surface area contributed by atoms with Gasteiger partial charge in [0.2, 0.25) is 0 Å². The topological polar surface area (TPSA) is 49.2 Å². The quantitative estimate of drug-likeness (QED) is 0.147. The molecule has 4 nitrogen and oxygen atoms in total. The number of pyridine rings is 2. The molecule has 2 heterocycles. The van der Waals surface area contributed by atoms with Crippen LogP contribution in [0.5, 0.6) is 5.75 Å². The molecule has 0 aliphatic heterocycles. The molecule has 0 aliphatic carbocycles. The maximum Gasteiger partial charge on any atom is 0.136 e. The van der Waals surface area contributed by atoms with Gasteiger partial charge in [0.1, 0.15) is 11.6 Å². The first-order valence-corrected chi connectivity index (χ1v) is 18.6. The van der Waals surface area contributed by atoms with Gasteiger partial charge in [0.25, 0.3) is 0 Å². The number of nitrogens with zero attached hydrogens (tertiary/aromatic N) is 3. The number of phenolic OH excluding ortho intramolecular Hbond substituents is 1. The third kappa shape index (κ3) is 7.74. The SMILES string of the molecule is CC(C)c1cc(-c2ccc(-c3[c-]c(N(c4ccccn4)c4cccc5ccccc45)cc(-c4ccccc4)c3)nc2-c2ccccc2O)cc(C(C)C)c1.[Pt]. The van der Waals surface area contributed by atoms with Crippen LogP contribution in [0.2, 0.25) is 0 Å². The van der Waals surface area contributed by atoms with Crippen molar-refractivity contribution in [1.29, 1.82) is 0 Å². The van der Waals surface area contributed by atoms with Gasteiger partial charge < -0.3 is 10.0 Å². The van der Waals surface area contributed by atoms with Gasteiger partial charge in [-0.25, -0.2) is 4.98 Å². The van der Waals surface area contributed by atoms with Crippen molar-refractivity contribution in [3.8, 4) is 50.5 Å². The van der Waals surface area contributed by atoms with Crippen molar-refractivity contribution < 1.29 is 26.2 Å². The van der Waals surface area contributed by atoms with Gasteiger partial charge in [-0.2, -0.15) is 0 Å². The summed E-state index contributed by atoms with van der Waals surface area (Å²) in [4.78, 5) is 12.4. The Bertz CT molecular complexity index is 2550. The minimum atomic E-state index is 0. The number of aromatic nitrogens is 2. The largest absolute Gasteiger partial charge is 0.507 e. The van der Waals surface area contributed by atoms with Gasteiger partial charge in [-0.15, -0.1) is 23.8 Å². The number of aromatic hydroxyl groups is 1. The summed E-state index contributed by atoms with van der Waals surface area (Å²) in [5.74, 6) is 1.69. The summed E-state index contributed by atoms with van der Waals surface area (Å²) in [5.41, 5.74) is 11.5. The Morgan fingerprint density at radius 2 is 1.27 bits per heavy atom. The van der Waals surface area contributed by atoms with Crippen LogP contribution in [0.25, 0.3) is 55.5 Å². The summed E-state index contributed by atoms with van der Waals surface area (Å²) >= 11 is 0. The second-order valence-electron chi connectivity index (χ2n) is 14.4. The number of fused-ring (bicyclic) bond motifs is 1. The Balaban J connectivity index is 0.00000465. The summed E-state index contributed by atoms with van der Waals surface area (Å²) < 4.78 is 0. The molecule has 0 saturated heterocycles. The summed E-state index contributed by atoms with van der Waals surface area (Å²) in [6, 6.07) is 57.9. The fraction of sp³-hybridized carbons (Fsp3) is 0.120. The molecule has 2 aromatic heterocycles. The van der Waals surface area contributed by atoms with Gasteiger partial charge >= 0.3 is 0 Å². The molecule has 0 saturated carbocycles. The molecule has 8 aromatic rings. The van der Waals surface area contributed by atoms with Gasteiger partial charge in [0.05, 0.1) is 11.4 Å². The average molecular weight is 896 g/mol. The predicted octanol–water partition coefficient (Wildman–Crippen LogP) is 13.5. The van der Waals surface area contributed by atoms with Gasteiger partial charge in [0.15, 0.2) is 0 Å². The van der Waals surface area contributed by atoms with Crippen LogP contribution in [0.1, 0.15) is 50.7 Å². The molecule has 0 fully saturated rings. The van der Waals surface area contributed by atoms with Gasteiger partial charge in [-0.05, 0) is 81.2 Å². The first-order valence-electron chi connectivity index (χ1n) is 18.6. The standard InChI is InChI=1S/C50H42N3O.Pt/c1-33(2)37-27-38(34(3)4)29-40(28-37)44-24-25-46(52-50(44)45-20-10-11-22-48(45)54)41-30-39(35-15-6-5-7-16-35)31-42(32-41)53(49-23-12-13-26-51-49)47-21-14-18-36-17-8-9-19-43(36)47;/h5-31,33-34,54H,1-4H3;/q-1;. The smallest absolute Gasteiger partial charge is 0.136 e. The van der Waals surface area contributed by atoms with E-state index < -0.39 is 0 Å². The fourth-order valence-corrected chi connectivity index (χ4v) is 7.10. The second kappa shape index (κ2) is 16.3. The fourth-order valence-electron chi connectivity index (χ4n) is 7.10. The van der Waals surface area contributed by atoms with E-state index in [9.17, 15) is 5.11 Å². The van der Waals surface area contributed by atoms with Gasteiger partial charge in [-0.1, -0.05) is 149 Å². The number of hydrogen-bond donors (Lipinski definition) is 1. The van der Waals surface area contributed by atoms with Crippen LogP contribution in [0.15, 0.2) is 164 Å². The summed E-state index contributed by atoms with van der Waals surface area (Å²) in [7, 11) is 0. The molecule has 0 atom stereocenters. The van der Waals surface area contributed by atoms with Crippen molar-refractivity contribution >= 4 is 28.0 Å². The van der Waals surface area contributed by atoms with E-state index in [0.717, 1.165) is 67.2 Å². The zero-order chi connectivity index (χ0) is 37.2. The van der Waals surface area contributed by atoms with E-state index in [1.54, 1.807) is 6.07 Å². The zero-order valence-corrected chi connectivity index (χ0v) is 33.6. The number of anilines is 3. The first kappa shape index (κ1) is 37.5. The molecular formula is C50H42N3OPt-. The van der Waals surface area contributed by atoms with Crippen LogP contribution < -0.4 is 4.90 Å². The number of hydrogen-bond acceptors (Lipinski definition) is 4. The molecule has 55 heavy (non-hydrogen) atoms. The Hall–Kier alpha value is -5.83. The molecule has 0 unspecified atom stereocenters. The van der Waals surface area contributed by atoms with Gasteiger partial charge in [0, 0.05) is 43.8 Å². The van der Waals surface area contributed by atoms with Crippen molar-refractivity contribution in [3.63, 3.8) is 0 Å². The molecule has 1 N–H and O–H groups in total. The van der Waals surface area contributed by atoms with Crippen LogP contribution in [0.3, 0.4) is 0 Å². The van der Waals surface area contributed by atoms with E-state index >= 15 is 0 Å². The van der Waals surface area contributed by atoms with Crippen LogP contribution in [-0.4, -0.2) is 15.1 Å². The third-order valence-electron chi connectivity index (χ3n) is 10.0. The number of para-hydroxylation sites is 1. The van der Waals surface area contributed by atoms with Crippen molar-refractivity contribution in [2.75, 3.05) is 4.90 Å². The van der Waals surface area contributed by atoms with Crippen LogP contribution in [-0.2, 0) is 21.1 Å². The summed E-state index contributed by atoms with van der Waals surface area (Å²) in [6.45, 7) is 8.92. The molecule has 0 bridgehead atoms. The Morgan fingerprint density at radius 3 is 2.00 bits per heavy atom. The molecule has 0 amide bonds. The van der Waals surface area contributed by atoms with Crippen molar-refractivity contribution in [2.24, 2.45) is 0 Å². The minimum Gasteiger partial charge on any atom is -0.507 e. The van der Waals surface area contributed by atoms with E-state index in [-0.39, 0.29) is 26.8 Å². The monoisotopic (exact) mass is 895 g/mol. The van der Waals surface area contributed by atoms with Crippen LogP contribution in [0, 0.1) is 6.07 Å². The number of phenols is 1. The van der Waals surface area contributed by atoms with E-state index in [4.69, 9.17) is 9.97 Å². The second-order valence-corrected chi connectivity index (χ2v) is 14.4. The molecular weight excluding hydrogens is 854 g/mol. The molecule has 0 spiro atoms. The maximum atomic E-state index is 11.3. The third-order valence-corrected chi connectivity index (χ3v) is 10.0. The van der Waals surface area contributed by atoms with Gasteiger partial charge in [-0.3, -0.25) is 4.98 Å². The zero-order valence-electron chi connectivity index (χ0n) is 31.3. The minimum absolute atomic E-state index is 0. The maximum absolute atomic E-state index is 11.3. The Morgan fingerprint density at radius 1 is 0.582 bits per heavy atom. The molecule has 0 radical (unpaired) electrons. The first-order chi connectivity index (χ1) is 26.3.